The topological polar surface area (TPSA) is 90.0 Å². The van der Waals surface area contributed by atoms with E-state index < -0.39 is 5.91 Å². The summed E-state index contributed by atoms with van der Waals surface area (Å²) in [5.74, 6) is -0.184. The van der Waals surface area contributed by atoms with Crippen molar-refractivity contribution < 1.29 is 9.59 Å². The predicted molar refractivity (Wildman–Crippen MR) is 115 cm³/mol. The first kappa shape index (κ1) is 19.4. The molecule has 150 valence electrons. The molecule has 0 spiro atoms. The zero-order valence-electron chi connectivity index (χ0n) is 16.8. The Morgan fingerprint density at radius 3 is 2.62 bits per heavy atom. The molecule has 1 atom stereocenters. The quantitative estimate of drug-likeness (QED) is 0.683. The van der Waals surface area contributed by atoms with Crippen LogP contribution in [0.3, 0.4) is 0 Å². The number of primary amides is 1. The number of hydrogen-bond acceptors (Lipinski definition) is 4. The van der Waals surface area contributed by atoms with Crippen LogP contribution in [0.5, 0.6) is 0 Å². The number of benzene rings is 1. The van der Waals surface area contributed by atoms with Crippen LogP contribution in [0.25, 0.3) is 5.69 Å². The van der Waals surface area contributed by atoms with Gasteiger partial charge in [-0.05, 0) is 56.7 Å². The fourth-order valence-electron chi connectivity index (χ4n) is 4.06. The molecule has 7 heteroatoms. The van der Waals surface area contributed by atoms with Gasteiger partial charge in [0.2, 0.25) is 0 Å². The Morgan fingerprint density at radius 1 is 1.21 bits per heavy atom. The summed E-state index contributed by atoms with van der Waals surface area (Å²) in [6, 6.07) is 9.69. The maximum absolute atomic E-state index is 13.1. The molecule has 1 aliphatic rings. The van der Waals surface area contributed by atoms with Gasteiger partial charge in [-0.3, -0.25) is 9.59 Å². The third-order valence-corrected chi connectivity index (χ3v) is 6.67. The minimum Gasteiger partial charge on any atom is -0.365 e. The first-order chi connectivity index (χ1) is 13.9. The number of nitrogens with zero attached hydrogens (tertiary/aromatic N) is 2. The molecule has 0 saturated heterocycles. The molecule has 1 aliphatic carbocycles. The largest absolute Gasteiger partial charge is 0.365 e. The van der Waals surface area contributed by atoms with E-state index in [9.17, 15) is 9.59 Å². The van der Waals surface area contributed by atoms with Crippen molar-refractivity contribution in [2.45, 2.75) is 40.0 Å². The number of hydrogen-bond donors (Lipinski definition) is 2. The van der Waals surface area contributed by atoms with Crippen LogP contribution in [0, 0.1) is 19.8 Å². The lowest BCUT2D eigenvalue weighted by Crippen LogP contribution is -2.20. The number of anilines is 1. The van der Waals surface area contributed by atoms with Crippen LogP contribution in [-0.2, 0) is 12.8 Å². The molecule has 29 heavy (non-hydrogen) atoms. The molecule has 0 radical (unpaired) electrons. The summed E-state index contributed by atoms with van der Waals surface area (Å²) in [5, 5.41) is 8.04. The van der Waals surface area contributed by atoms with Crippen molar-refractivity contribution in [3.8, 4) is 5.69 Å². The van der Waals surface area contributed by atoms with E-state index >= 15 is 0 Å². The Morgan fingerprint density at radius 2 is 1.93 bits per heavy atom. The van der Waals surface area contributed by atoms with Crippen LogP contribution in [0.4, 0.5) is 5.00 Å². The van der Waals surface area contributed by atoms with E-state index in [1.807, 2.05) is 44.2 Å². The maximum atomic E-state index is 13.1. The number of nitrogens with two attached hydrogens (primary N) is 1. The molecular weight excluding hydrogens is 384 g/mol. The van der Waals surface area contributed by atoms with Gasteiger partial charge >= 0.3 is 0 Å². The lowest BCUT2D eigenvalue weighted by molar-refractivity contribution is 0.1000. The number of fused-ring (bicyclic) bond motifs is 1. The Bertz CT molecular complexity index is 1100. The second-order valence-electron chi connectivity index (χ2n) is 7.67. The van der Waals surface area contributed by atoms with Gasteiger partial charge in [0.05, 0.1) is 28.2 Å². The fraction of sp³-hybridized carbons (Fsp3) is 0.318. The van der Waals surface area contributed by atoms with Crippen LogP contribution in [0.1, 0.15) is 55.9 Å². The molecule has 2 heterocycles. The number of aryl methyl sites for hydroxylation is 1. The molecule has 0 unspecified atom stereocenters. The Labute approximate surface area is 173 Å². The average Bonchev–Trinajstić information content (AvgIpc) is 3.18. The van der Waals surface area contributed by atoms with Crippen LogP contribution in [0.15, 0.2) is 30.3 Å². The Hall–Kier alpha value is -2.93. The van der Waals surface area contributed by atoms with Gasteiger partial charge < -0.3 is 11.1 Å². The molecule has 6 nitrogen and oxygen atoms in total. The van der Waals surface area contributed by atoms with Crippen LogP contribution in [-0.4, -0.2) is 21.6 Å². The lowest BCUT2D eigenvalue weighted by atomic mass is 9.88. The summed E-state index contributed by atoms with van der Waals surface area (Å²) < 4.78 is 1.76. The number of nitrogens with one attached hydrogen (secondary N) is 1. The van der Waals surface area contributed by atoms with Crippen molar-refractivity contribution in [2.75, 3.05) is 5.32 Å². The molecule has 2 aromatic heterocycles. The van der Waals surface area contributed by atoms with Gasteiger partial charge in [-0.2, -0.15) is 5.10 Å². The number of carbonyl (C=O) groups is 2. The molecule has 0 fully saturated rings. The average molecular weight is 409 g/mol. The predicted octanol–water partition coefficient (Wildman–Crippen LogP) is 4.03. The minimum absolute atomic E-state index is 0.267. The van der Waals surface area contributed by atoms with Crippen LogP contribution >= 0.6 is 11.3 Å². The zero-order chi connectivity index (χ0) is 20.7. The van der Waals surface area contributed by atoms with Crippen molar-refractivity contribution in [1.82, 2.24) is 9.78 Å². The van der Waals surface area contributed by atoms with E-state index in [1.165, 1.54) is 11.3 Å². The number of carbonyl (C=O) groups excluding carboxylic acids is 2. The van der Waals surface area contributed by atoms with Crippen LogP contribution in [0.2, 0.25) is 0 Å². The molecule has 0 aliphatic heterocycles. The molecular formula is C22H24N4O2S. The van der Waals surface area contributed by atoms with E-state index in [-0.39, 0.29) is 5.91 Å². The second-order valence-corrected chi connectivity index (χ2v) is 8.77. The van der Waals surface area contributed by atoms with E-state index in [0.717, 1.165) is 41.1 Å². The smallest absolute Gasteiger partial charge is 0.260 e. The second kappa shape index (κ2) is 7.48. The molecule has 0 saturated carbocycles. The van der Waals surface area contributed by atoms with Gasteiger partial charge in [0.15, 0.2) is 0 Å². The van der Waals surface area contributed by atoms with Gasteiger partial charge in [-0.15, -0.1) is 11.3 Å². The highest BCUT2D eigenvalue weighted by atomic mass is 32.1. The normalized spacial score (nSPS) is 15.8. The summed E-state index contributed by atoms with van der Waals surface area (Å²) >= 11 is 1.47. The first-order valence-corrected chi connectivity index (χ1v) is 10.6. The van der Waals surface area contributed by atoms with Crippen LogP contribution < -0.4 is 11.1 Å². The molecule has 4 rings (SSSR count). The SMILES string of the molecule is Cc1nn(-c2ccccc2)c(C)c1C(=O)Nc1sc2c(c1C(N)=O)CC[C@@H](C)C2. The molecule has 3 aromatic rings. The third kappa shape index (κ3) is 3.46. The van der Waals surface area contributed by atoms with E-state index in [1.54, 1.807) is 4.68 Å². The lowest BCUT2D eigenvalue weighted by Gasteiger charge is -2.18. The van der Waals surface area contributed by atoms with Gasteiger partial charge in [0.1, 0.15) is 5.00 Å². The summed E-state index contributed by atoms with van der Waals surface area (Å²) in [4.78, 5) is 26.4. The van der Waals surface area contributed by atoms with Crippen molar-refractivity contribution >= 4 is 28.2 Å². The first-order valence-electron chi connectivity index (χ1n) is 9.74. The summed E-state index contributed by atoms with van der Waals surface area (Å²) in [6.07, 6.45) is 2.77. The van der Waals surface area contributed by atoms with Crippen molar-refractivity contribution in [2.24, 2.45) is 11.7 Å². The van der Waals surface area contributed by atoms with E-state index in [4.69, 9.17) is 5.73 Å². The number of rotatable bonds is 4. The van der Waals surface area contributed by atoms with Gasteiger partial charge in [-0.25, -0.2) is 4.68 Å². The highest BCUT2D eigenvalue weighted by Crippen LogP contribution is 2.39. The number of aromatic nitrogens is 2. The summed E-state index contributed by atoms with van der Waals surface area (Å²) in [6.45, 7) is 5.89. The van der Waals surface area contributed by atoms with Gasteiger partial charge in [-0.1, -0.05) is 25.1 Å². The third-order valence-electron chi connectivity index (χ3n) is 5.50. The number of amides is 2. The fourth-order valence-corrected chi connectivity index (χ4v) is 5.47. The minimum atomic E-state index is -0.485. The Kier molecular flexibility index (Phi) is 5.00. The maximum Gasteiger partial charge on any atom is 0.260 e. The number of thiophene rings is 1. The van der Waals surface area contributed by atoms with E-state index in [2.05, 4.69) is 17.3 Å². The van der Waals surface area contributed by atoms with E-state index in [0.29, 0.717) is 27.7 Å². The summed E-state index contributed by atoms with van der Waals surface area (Å²) in [5.41, 5.74) is 9.95. The standard InChI is InChI=1S/C22H24N4O2S/c1-12-9-10-16-17(11-12)29-22(19(16)20(23)27)24-21(28)18-13(2)25-26(14(18)3)15-7-5-4-6-8-15/h4-8,12H,9-11H2,1-3H3,(H2,23,27)(H,24,28)/t12-/m1/s1. The molecule has 3 N–H and O–H groups in total. The zero-order valence-corrected chi connectivity index (χ0v) is 17.6. The number of para-hydroxylation sites is 1. The molecule has 1 aromatic carbocycles. The van der Waals surface area contributed by atoms with Gasteiger partial charge in [0, 0.05) is 4.88 Å². The van der Waals surface area contributed by atoms with Crippen molar-refractivity contribution in [3.05, 3.63) is 63.3 Å². The van der Waals surface area contributed by atoms with Gasteiger partial charge in [0.25, 0.3) is 11.8 Å². The monoisotopic (exact) mass is 408 g/mol. The van der Waals surface area contributed by atoms with Crippen molar-refractivity contribution in [1.29, 1.82) is 0 Å². The van der Waals surface area contributed by atoms with Crippen molar-refractivity contribution in [3.63, 3.8) is 0 Å². The summed E-state index contributed by atoms with van der Waals surface area (Å²) in [7, 11) is 0. The molecule has 2 amide bonds. The highest BCUT2D eigenvalue weighted by molar-refractivity contribution is 7.17. The Balaban J connectivity index is 1.69. The highest BCUT2D eigenvalue weighted by Gasteiger charge is 2.28. The molecule has 0 bridgehead atoms.